The highest BCUT2D eigenvalue weighted by molar-refractivity contribution is 9.10. The van der Waals surface area contributed by atoms with E-state index >= 15 is 0 Å². The van der Waals surface area contributed by atoms with Crippen molar-refractivity contribution in [1.29, 1.82) is 0 Å². The fourth-order valence-corrected chi connectivity index (χ4v) is 4.23. The van der Waals surface area contributed by atoms with Gasteiger partial charge in [-0.05, 0) is 54.1 Å². The zero-order valence-corrected chi connectivity index (χ0v) is 17.9. The number of fused-ring (bicyclic) bond motifs is 2. The van der Waals surface area contributed by atoms with Crippen molar-refractivity contribution >= 4 is 38.5 Å². The van der Waals surface area contributed by atoms with Crippen molar-refractivity contribution in [2.75, 3.05) is 12.0 Å². The molecule has 1 aliphatic heterocycles. The summed E-state index contributed by atoms with van der Waals surface area (Å²) in [5.41, 5.74) is 1.59. The third-order valence-corrected chi connectivity index (χ3v) is 5.93. The predicted octanol–water partition coefficient (Wildman–Crippen LogP) is 5.02. The Morgan fingerprint density at radius 2 is 1.77 bits per heavy atom. The van der Waals surface area contributed by atoms with E-state index in [0.29, 0.717) is 22.2 Å². The maximum atomic E-state index is 13.5. The lowest BCUT2D eigenvalue weighted by molar-refractivity contribution is 0.0971. The summed E-state index contributed by atoms with van der Waals surface area (Å²) in [6.07, 6.45) is 0. The second-order valence-corrected chi connectivity index (χ2v) is 8.07. The van der Waals surface area contributed by atoms with Gasteiger partial charge in [0.25, 0.3) is 5.91 Å². The Morgan fingerprint density at radius 3 is 2.52 bits per heavy atom. The molecule has 0 fully saturated rings. The Balaban J connectivity index is 1.81. The summed E-state index contributed by atoms with van der Waals surface area (Å²) in [7, 11) is 1.45. The molecule has 1 aliphatic rings. The summed E-state index contributed by atoms with van der Waals surface area (Å²) in [6.45, 7) is 0. The van der Waals surface area contributed by atoms with Gasteiger partial charge in [0, 0.05) is 10.2 Å². The van der Waals surface area contributed by atoms with Crippen molar-refractivity contribution in [1.82, 2.24) is 0 Å². The van der Waals surface area contributed by atoms with Crippen LogP contribution < -0.4 is 15.1 Å². The van der Waals surface area contributed by atoms with Crippen molar-refractivity contribution in [3.05, 3.63) is 98.3 Å². The number of phenolic OH excluding ortho intramolecular Hbond substituents is 1. The van der Waals surface area contributed by atoms with E-state index in [4.69, 9.17) is 9.15 Å². The van der Waals surface area contributed by atoms with E-state index in [9.17, 15) is 14.7 Å². The summed E-state index contributed by atoms with van der Waals surface area (Å²) < 4.78 is 12.0. The van der Waals surface area contributed by atoms with Gasteiger partial charge in [0.15, 0.2) is 16.9 Å². The maximum absolute atomic E-state index is 13.5. The number of ether oxygens (including phenoxy) is 1. The number of halogens is 1. The minimum atomic E-state index is -0.737. The summed E-state index contributed by atoms with van der Waals surface area (Å²) in [5, 5.41) is 10.4. The van der Waals surface area contributed by atoms with Crippen LogP contribution in [0.3, 0.4) is 0 Å². The lowest BCUT2D eigenvalue weighted by Gasteiger charge is -2.25. The van der Waals surface area contributed by atoms with Crippen molar-refractivity contribution < 1.29 is 19.1 Å². The number of aromatic hydroxyl groups is 1. The van der Waals surface area contributed by atoms with Gasteiger partial charge in [0.05, 0.1) is 24.1 Å². The highest BCUT2D eigenvalue weighted by Crippen LogP contribution is 2.43. The molecule has 1 unspecified atom stereocenters. The summed E-state index contributed by atoms with van der Waals surface area (Å²) in [4.78, 5) is 28.5. The standard InChI is InChI=1S/C24H16BrNO5/c1-30-19-12-13(6-11-17(19)27)21-20-22(28)16-4-2-3-5-18(16)31-23(20)24(29)26(21)15-9-7-14(25)8-10-15/h2-12,21,27H,1H3. The first-order chi connectivity index (χ1) is 15.0. The number of amides is 1. The molecule has 0 saturated heterocycles. The first-order valence-corrected chi connectivity index (χ1v) is 10.3. The number of phenols is 1. The van der Waals surface area contributed by atoms with Gasteiger partial charge in [0.2, 0.25) is 5.76 Å². The molecular weight excluding hydrogens is 462 g/mol. The molecule has 5 rings (SSSR count). The maximum Gasteiger partial charge on any atom is 0.295 e. The molecule has 0 spiro atoms. The summed E-state index contributed by atoms with van der Waals surface area (Å²) in [6, 6.07) is 18.2. The zero-order valence-electron chi connectivity index (χ0n) is 16.3. The molecular formula is C24H16BrNO5. The number of benzene rings is 3. The van der Waals surface area contributed by atoms with Crippen LogP contribution >= 0.6 is 15.9 Å². The van der Waals surface area contributed by atoms with Crippen LogP contribution in [0, 0.1) is 0 Å². The van der Waals surface area contributed by atoms with Crippen LogP contribution in [0.4, 0.5) is 5.69 Å². The first kappa shape index (κ1) is 19.4. The van der Waals surface area contributed by atoms with Crippen molar-refractivity contribution in [2.24, 2.45) is 0 Å². The molecule has 2 heterocycles. The molecule has 3 aromatic carbocycles. The zero-order chi connectivity index (χ0) is 21.7. The van der Waals surface area contributed by atoms with E-state index in [1.54, 1.807) is 48.5 Å². The topological polar surface area (TPSA) is 80.0 Å². The number of nitrogens with zero attached hydrogens (tertiary/aromatic N) is 1. The molecule has 0 bridgehead atoms. The van der Waals surface area contributed by atoms with Crippen LogP contribution in [-0.2, 0) is 0 Å². The lowest BCUT2D eigenvalue weighted by atomic mass is 9.97. The lowest BCUT2D eigenvalue weighted by Crippen LogP contribution is -2.29. The molecule has 0 radical (unpaired) electrons. The monoisotopic (exact) mass is 477 g/mol. The average molecular weight is 478 g/mol. The number of hydrogen-bond donors (Lipinski definition) is 1. The number of anilines is 1. The van der Waals surface area contributed by atoms with Crippen molar-refractivity contribution in [3.63, 3.8) is 0 Å². The second-order valence-electron chi connectivity index (χ2n) is 7.16. The number of methoxy groups -OCH3 is 1. The van der Waals surface area contributed by atoms with Gasteiger partial charge < -0.3 is 14.3 Å². The van der Waals surface area contributed by atoms with Crippen LogP contribution in [0.5, 0.6) is 11.5 Å². The van der Waals surface area contributed by atoms with E-state index < -0.39 is 11.9 Å². The molecule has 154 valence electrons. The summed E-state index contributed by atoms with van der Waals surface area (Å²) >= 11 is 3.41. The molecule has 1 amide bonds. The number of rotatable bonds is 3. The third-order valence-electron chi connectivity index (χ3n) is 5.40. The van der Waals surface area contributed by atoms with Crippen LogP contribution in [0.15, 0.2) is 80.4 Å². The molecule has 4 aromatic rings. The molecule has 1 N–H and O–H groups in total. The van der Waals surface area contributed by atoms with E-state index in [0.717, 1.165) is 4.47 Å². The molecule has 31 heavy (non-hydrogen) atoms. The quantitative estimate of drug-likeness (QED) is 0.448. The van der Waals surface area contributed by atoms with Gasteiger partial charge in [-0.3, -0.25) is 14.5 Å². The normalized spacial score (nSPS) is 15.4. The Kier molecular flexibility index (Phi) is 4.55. The van der Waals surface area contributed by atoms with Crippen molar-refractivity contribution in [3.8, 4) is 11.5 Å². The highest BCUT2D eigenvalue weighted by Gasteiger charge is 2.43. The van der Waals surface area contributed by atoms with E-state index in [1.807, 2.05) is 12.1 Å². The fourth-order valence-electron chi connectivity index (χ4n) is 3.97. The first-order valence-electron chi connectivity index (χ1n) is 9.51. The van der Waals surface area contributed by atoms with Gasteiger partial charge >= 0.3 is 0 Å². The van der Waals surface area contributed by atoms with Crippen LogP contribution in [0.1, 0.15) is 27.7 Å². The molecule has 1 aromatic heterocycles. The second kappa shape index (κ2) is 7.28. The van der Waals surface area contributed by atoms with Gasteiger partial charge in [-0.1, -0.05) is 34.1 Å². The van der Waals surface area contributed by atoms with Crippen LogP contribution in [0.2, 0.25) is 0 Å². The van der Waals surface area contributed by atoms with E-state index in [-0.39, 0.29) is 28.3 Å². The molecule has 0 aliphatic carbocycles. The Morgan fingerprint density at radius 1 is 1.03 bits per heavy atom. The molecule has 1 atom stereocenters. The minimum absolute atomic E-state index is 0.0173. The number of carbonyl (C=O) groups is 1. The SMILES string of the molecule is COc1cc(C2c3c(oc4ccccc4c3=O)C(=O)N2c2ccc(Br)cc2)ccc1O. The van der Waals surface area contributed by atoms with Gasteiger partial charge in [-0.25, -0.2) is 0 Å². The third kappa shape index (κ3) is 3.00. The average Bonchev–Trinajstić information content (AvgIpc) is 3.07. The largest absolute Gasteiger partial charge is 0.504 e. The fraction of sp³-hybridized carbons (Fsp3) is 0.0833. The number of para-hydroxylation sites is 1. The predicted molar refractivity (Wildman–Crippen MR) is 120 cm³/mol. The number of carbonyl (C=O) groups excluding carboxylic acids is 1. The van der Waals surface area contributed by atoms with Gasteiger partial charge in [-0.2, -0.15) is 0 Å². The Labute approximate surface area is 185 Å². The minimum Gasteiger partial charge on any atom is -0.504 e. The summed E-state index contributed by atoms with van der Waals surface area (Å²) in [5.74, 6) is -0.170. The molecule has 7 heteroatoms. The Bertz CT molecular complexity index is 1390. The molecule has 0 saturated carbocycles. The smallest absolute Gasteiger partial charge is 0.295 e. The Hall–Kier alpha value is -3.58. The van der Waals surface area contributed by atoms with E-state index in [2.05, 4.69) is 15.9 Å². The number of hydrogen-bond acceptors (Lipinski definition) is 5. The molecule has 6 nitrogen and oxygen atoms in total. The van der Waals surface area contributed by atoms with Gasteiger partial charge in [-0.15, -0.1) is 0 Å². The van der Waals surface area contributed by atoms with Gasteiger partial charge in [0.1, 0.15) is 5.58 Å². The van der Waals surface area contributed by atoms with Crippen LogP contribution in [0.25, 0.3) is 11.0 Å². The van der Waals surface area contributed by atoms with E-state index in [1.165, 1.54) is 18.1 Å². The highest BCUT2D eigenvalue weighted by atomic mass is 79.9. The van der Waals surface area contributed by atoms with Crippen LogP contribution in [-0.4, -0.2) is 18.1 Å². The van der Waals surface area contributed by atoms with Crippen molar-refractivity contribution in [2.45, 2.75) is 6.04 Å².